The Morgan fingerprint density at radius 1 is 1.43 bits per heavy atom. The van der Waals surface area contributed by atoms with Gasteiger partial charge in [-0.1, -0.05) is 24.4 Å². The van der Waals surface area contributed by atoms with Gasteiger partial charge < -0.3 is 5.73 Å². The van der Waals surface area contributed by atoms with E-state index in [2.05, 4.69) is 20.8 Å². The lowest BCUT2D eigenvalue weighted by molar-refractivity contribution is 0.480. The zero-order valence-electron chi connectivity index (χ0n) is 16.0. The highest BCUT2D eigenvalue weighted by molar-refractivity contribution is 7.98. The van der Waals surface area contributed by atoms with Crippen molar-refractivity contribution in [3.05, 3.63) is 58.9 Å². The molecule has 1 aliphatic rings. The lowest BCUT2D eigenvalue weighted by Crippen LogP contribution is -2.50. The number of thiocarbonyl (C=S) groups is 1. The highest BCUT2D eigenvalue weighted by atomic mass is 32.2. The first kappa shape index (κ1) is 20.3. The maximum atomic E-state index is 14.7. The van der Waals surface area contributed by atoms with E-state index in [1.165, 1.54) is 10.4 Å². The van der Waals surface area contributed by atoms with E-state index in [0.717, 1.165) is 11.3 Å². The minimum Gasteiger partial charge on any atom is -0.369 e. The summed E-state index contributed by atoms with van der Waals surface area (Å²) in [5, 5.41) is 0. The van der Waals surface area contributed by atoms with E-state index in [0.29, 0.717) is 22.5 Å². The Morgan fingerprint density at radius 3 is 2.75 bits per heavy atom. The van der Waals surface area contributed by atoms with Crippen LogP contribution in [0, 0.1) is 12.7 Å². The number of aryl methyl sites for hydroxylation is 1. The largest absolute Gasteiger partial charge is 0.369 e. The molecular formula is C19H22FN5OS2. The van der Waals surface area contributed by atoms with Gasteiger partial charge in [0.2, 0.25) is 5.96 Å². The third kappa shape index (κ3) is 3.90. The van der Waals surface area contributed by atoms with E-state index in [-0.39, 0.29) is 11.7 Å². The van der Waals surface area contributed by atoms with Gasteiger partial charge in [-0.05, 0) is 31.3 Å². The first-order chi connectivity index (χ1) is 13.0. The third-order valence-electron chi connectivity index (χ3n) is 4.73. The van der Waals surface area contributed by atoms with Gasteiger partial charge in [-0.15, -0.1) is 0 Å². The lowest BCUT2D eigenvalue weighted by Gasteiger charge is -2.37. The number of rotatable bonds is 4. The minimum absolute atomic E-state index is 0.0610. The normalized spacial score (nSPS) is 24.7. The van der Waals surface area contributed by atoms with Crippen LogP contribution in [0.1, 0.15) is 29.4 Å². The predicted octanol–water partition coefficient (Wildman–Crippen LogP) is 1.99. The van der Waals surface area contributed by atoms with Crippen LogP contribution in [0.4, 0.5) is 4.39 Å². The first-order valence-electron chi connectivity index (χ1n) is 8.57. The Labute approximate surface area is 169 Å². The van der Waals surface area contributed by atoms with Crippen molar-refractivity contribution in [1.82, 2.24) is 14.3 Å². The monoisotopic (exact) mass is 419 g/mol. The molecule has 0 amide bonds. The number of aromatic nitrogens is 2. The van der Waals surface area contributed by atoms with E-state index in [1.807, 2.05) is 6.92 Å². The van der Waals surface area contributed by atoms with Crippen molar-refractivity contribution < 1.29 is 8.60 Å². The summed E-state index contributed by atoms with van der Waals surface area (Å²) in [6, 6.07) is 4.73. The van der Waals surface area contributed by atoms with E-state index in [4.69, 9.17) is 18.0 Å². The molecule has 148 valence electrons. The van der Waals surface area contributed by atoms with E-state index >= 15 is 0 Å². The molecule has 1 aliphatic heterocycles. The van der Waals surface area contributed by atoms with Crippen molar-refractivity contribution in [2.24, 2.45) is 10.7 Å². The molecule has 9 heteroatoms. The van der Waals surface area contributed by atoms with Gasteiger partial charge in [0.15, 0.2) is 0 Å². The highest BCUT2D eigenvalue weighted by Crippen LogP contribution is 2.34. The molecule has 2 heterocycles. The first-order valence-corrected chi connectivity index (χ1v) is 10.8. The zero-order chi connectivity index (χ0) is 20.7. The van der Waals surface area contributed by atoms with Crippen LogP contribution in [0.2, 0.25) is 0 Å². The van der Waals surface area contributed by atoms with Crippen LogP contribution < -0.4 is 5.73 Å². The van der Waals surface area contributed by atoms with E-state index < -0.39 is 21.1 Å². The van der Waals surface area contributed by atoms with Gasteiger partial charge in [-0.3, -0.25) is 14.3 Å². The van der Waals surface area contributed by atoms with Crippen LogP contribution in [-0.2, 0) is 21.7 Å². The fourth-order valence-electron chi connectivity index (χ4n) is 3.11. The zero-order valence-corrected chi connectivity index (χ0v) is 17.6. The standard InChI is InChI=1S/C19H22FN5OS2/c1-12-9-23-16(10-22-12)17(27)8-13-5-6-15(20)14(7-13)19(2)11-28(4,26)25(3)18(21)24-19/h5-7,9-10H,4,8,11H2,1-3H3,(H2,21,24)/t19-,28?/m0/s1. The summed E-state index contributed by atoms with van der Waals surface area (Å²) in [6.45, 7) is 3.56. The summed E-state index contributed by atoms with van der Waals surface area (Å²) in [7, 11) is -1.13. The van der Waals surface area contributed by atoms with Crippen LogP contribution in [0.25, 0.3) is 0 Å². The Hall–Kier alpha value is -2.39. The topological polar surface area (TPSA) is 84.5 Å². The van der Waals surface area contributed by atoms with Crippen molar-refractivity contribution in [1.29, 1.82) is 0 Å². The molecule has 0 saturated carbocycles. The summed E-state index contributed by atoms with van der Waals surface area (Å²) < 4.78 is 28.9. The maximum absolute atomic E-state index is 14.7. The molecule has 0 spiro atoms. The number of benzene rings is 1. The van der Waals surface area contributed by atoms with Crippen molar-refractivity contribution in [2.75, 3.05) is 12.8 Å². The lowest BCUT2D eigenvalue weighted by atomic mass is 9.91. The molecule has 2 aromatic rings. The van der Waals surface area contributed by atoms with Crippen LogP contribution in [0.15, 0.2) is 35.6 Å². The predicted molar refractivity (Wildman–Crippen MR) is 115 cm³/mol. The number of hydrogen-bond acceptors (Lipinski definition) is 6. The van der Waals surface area contributed by atoms with Gasteiger partial charge in [-0.2, -0.15) is 0 Å². The average Bonchev–Trinajstić information content (AvgIpc) is 2.61. The molecule has 2 N–H and O–H groups in total. The molecule has 1 unspecified atom stereocenters. The second kappa shape index (κ2) is 7.21. The summed E-state index contributed by atoms with van der Waals surface area (Å²) in [6.07, 6.45) is 3.68. The number of halogens is 1. The average molecular weight is 420 g/mol. The molecule has 0 aliphatic carbocycles. The Balaban J connectivity index is 1.96. The number of nitrogens with two attached hydrogens (primary N) is 1. The van der Waals surface area contributed by atoms with Crippen molar-refractivity contribution in [3.63, 3.8) is 0 Å². The Kier molecular flexibility index (Phi) is 5.24. The summed E-state index contributed by atoms with van der Waals surface area (Å²) in [5.41, 5.74) is 7.37. The number of aliphatic imine (C=N–C) groups is 1. The molecule has 1 aromatic heterocycles. The van der Waals surface area contributed by atoms with Crippen LogP contribution in [-0.4, -0.2) is 48.0 Å². The number of hydrogen-bond donors (Lipinski definition) is 1. The molecule has 3 rings (SSSR count). The van der Waals surface area contributed by atoms with Gasteiger partial charge in [0.25, 0.3) is 0 Å². The van der Waals surface area contributed by atoms with Gasteiger partial charge in [-0.25, -0.2) is 13.6 Å². The molecule has 1 aromatic carbocycles. The third-order valence-corrected chi connectivity index (χ3v) is 7.28. The Bertz CT molecular complexity index is 1070. The van der Waals surface area contributed by atoms with Gasteiger partial charge in [0, 0.05) is 30.1 Å². The van der Waals surface area contributed by atoms with Crippen LogP contribution in [0.3, 0.4) is 0 Å². The van der Waals surface area contributed by atoms with Crippen molar-refractivity contribution in [3.8, 4) is 0 Å². The maximum Gasteiger partial charge on any atom is 0.203 e. The molecule has 0 bridgehead atoms. The molecule has 2 atom stereocenters. The SMILES string of the molecule is C=S1(=O)C[C@@](C)(c2cc(CC(=S)c3cnc(C)cn3)ccc2F)N=C(N)N1C. The number of nitrogens with zero attached hydrogens (tertiary/aromatic N) is 4. The summed E-state index contributed by atoms with van der Waals surface area (Å²) >= 11 is 5.47. The molecule has 6 nitrogen and oxygen atoms in total. The fraction of sp³-hybridized carbons (Fsp3) is 0.316. The van der Waals surface area contributed by atoms with Crippen LogP contribution in [0.5, 0.6) is 0 Å². The Morgan fingerprint density at radius 2 is 2.14 bits per heavy atom. The number of guanidine groups is 1. The minimum atomic E-state index is -2.70. The van der Waals surface area contributed by atoms with Gasteiger partial charge >= 0.3 is 0 Å². The van der Waals surface area contributed by atoms with Gasteiger partial charge in [0.05, 0.1) is 33.0 Å². The highest BCUT2D eigenvalue weighted by Gasteiger charge is 2.38. The van der Waals surface area contributed by atoms with Gasteiger partial charge in [0.1, 0.15) is 11.4 Å². The van der Waals surface area contributed by atoms with E-state index in [1.54, 1.807) is 38.5 Å². The van der Waals surface area contributed by atoms with Crippen LogP contribution >= 0.6 is 12.2 Å². The molecule has 28 heavy (non-hydrogen) atoms. The summed E-state index contributed by atoms with van der Waals surface area (Å²) in [4.78, 5) is 13.5. The summed E-state index contributed by atoms with van der Waals surface area (Å²) in [5.74, 6) is 3.46. The smallest absolute Gasteiger partial charge is 0.203 e. The molecule has 0 radical (unpaired) electrons. The molecule has 0 saturated heterocycles. The molecular weight excluding hydrogens is 397 g/mol. The fourth-order valence-corrected chi connectivity index (χ4v) is 5.05. The molecule has 0 fully saturated rings. The second-order valence-electron chi connectivity index (χ2n) is 7.12. The second-order valence-corrected chi connectivity index (χ2v) is 9.99. The van der Waals surface area contributed by atoms with Crippen molar-refractivity contribution in [2.45, 2.75) is 25.8 Å². The quantitative estimate of drug-likeness (QED) is 0.605. The van der Waals surface area contributed by atoms with Crippen molar-refractivity contribution >= 4 is 38.6 Å². The van der Waals surface area contributed by atoms with E-state index in [9.17, 15) is 8.60 Å².